The fourth-order valence-electron chi connectivity index (χ4n) is 3.59. The topological polar surface area (TPSA) is 85.0 Å². The molecule has 0 bridgehead atoms. The van der Waals surface area contributed by atoms with Crippen LogP contribution in [0, 0.1) is 32.1 Å². The van der Waals surface area contributed by atoms with Gasteiger partial charge in [-0.3, -0.25) is 4.68 Å². The summed E-state index contributed by atoms with van der Waals surface area (Å²) in [5.41, 5.74) is 4.22. The molecule has 0 atom stereocenters. The third-order valence-corrected chi connectivity index (χ3v) is 6.95. The predicted octanol–water partition coefficient (Wildman–Crippen LogP) is 3.32. The van der Waals surface area contributed by atoms with Gasteiger partial charge in [0.2, 0.25) is 0 Å². The van der Waals surface area contributed by atoms with E-state index in [9.17, 15) is 13.7 Å². The highest BCUT2D eigenvalue weighted by molar-refractivity contribution is 7.92. The maximum absolute atomic E-state index is 11.5. The number of hydrogen-bond acceptors (Lipinski definition) is 5. The molecular weight excluding hydrogens is 350 g/mol. The van der Waals surface area contributed by atoms with E-state index >= 15 is 0 Å². The number of nitriles is 1. The van der Waals surface area contributed by atoms with Crippen molar-refractivity contribution in [1.82, 2.24) is 9.78 Å². The van der Waals surface area contributed by atoms with Crippen molar-refractivity contribution in [3.63, 3.8) is 0 Å². The zero-order valence-corrected chi connectivity index (χ0v) is 15.9. The number of aryl methyl sites for hydroxylation is 2. The second-order valence-corrected chi connectivity index (χ2v) is 9.55. The molecule has 26 heavy (non-hydrogen) atoms. The van der Waals surface area contributed by atoms with Crippen LogP contribution in [0.1, 0.15) is 52.9 Å². The Bertz CT molecular complexity index is 1010. The number of rotatable bonds is 4. The summed E-state index contributed by atoms with van der Waals surface area (Å²) < 4.78 is 31.1. The zero-order chi connectivity index (χ0) is 18.6. The van der Waals surface area contributed by atoms with E-state index < -0.39 is 9.84 Å². The quantitative estimate of drug-likeness (QED) is 0.823. The minimum atomic E-state index is -2.91. The van der Waals surface area contributed by atoms with Crippen LogP contribution >= 0.6 is 0 Å². The van der Waals surface area contributed by atoms with Crippen molar-refractivity contribution in [2.75, 3.05) is 11.5 Å². The van der Waals surface area contributed by atoms with Gasteiger partial charge in [0.05, 0.1) is 34.9 Å². The first kappa shape index (κ1) is 17.1. The monoisotopic (exact) mass is 371 g/mol. The van der Waals surface area contributed by atoms with Crippen molar-refractivity contribution in [1.29, 1.82) is 5.26 Å². The van der Waals surface area contributed by atoms with Crippen LogP contribution in [0.15, 0.2) is 12.1 Å². The summed E-state index contributed by atoms with van der Waals surface area (Å²) in [5, 5.41) is 13.9. The minimum Gasteiger partial charge on any atom is -0.453 e. The summed E-state index contributed by atoms with van der Waals surface area (Å²) in [6, 6.07) is 5.86. The van der Waals surface area contributed by atoms with E-state index in [1.807, 2.05) is 37.6 Å². The number of aromatic nitrogens is 2. The molecule has 2 fully saturated rings. The molecule has 0 amide bonds. The number of ether oxygens (including phenoxy) is 1. The van der Waals surface area contributed by atoms with Gasteiger partial charge in [0, 0.05) is 5.92 Å². The molecule has 2 heterocycles. The summed E-state index contributed by atoms with van der Waals surface area (Å²) in [7, 11) is -2.91. The van der Waals surface area contributed by atoms with Crippen LogP contribution in [-0.2, 0) is 9.84 Å². The highest BCUT2D eigenvalue weighted by atomic mass is 32.2. The fourth-order valence-corrected chi connectivity index (χ4v) is 4.94. The van der Waals surface area contributed by atoms with Crippen molar-refractivity contribution >= 4 is 9.84 Å². The lowest BCUT2D eigenvalue weighted by molar-refractivity contribution is 0.451. The van der Waals surface area contributed by atoms with Crippen molar-refractivity contribution in [3.8, 4) is 17.6 Å². The van der Waals surface area contributed by atoms with Gasteiger partial charge in [0.1, 0.15) is 11.4 Å². The Balaban J connectivity index is 1.70. The molecule has 136 valence electrons. The van der Waals surface area contributed by atoms with E-state index in [0.29, 0.717) is 17.2 Å². The Morgan fingerprint density at radius 2 is 1.81 bits per heavy atom. The molecule has 2 aromatic rings. The van der Waals surface area contributed by atoms with Crippen LogP contribution in [0.5, 0.6) is 11.5 Å². The van der Waals surface area contributed by atoms with Gasteiger partial charge >= 0.3 is 0 Å². The fraction of sp³-hybridized carbons (Fsp3) is 0.474. The lowest BCUT2D eigenvalue weighted by atomic mass is 10.0. The van der Waals surface area contributed by atoms with Crippen molar-refractivity contribution < 1.29 is 13.2 Å². The van der Waals surface area contributed by atoms with Gasteiger partial charge in [0.15, 0.2) is 15.6 Å². The Morgan fingerprint density at radius 3 is 2.31 bits per heavy atom. The summed E-state index contributed by atoms with van der Waals surface area (Å²) >= 11 is 0. The molecule has 0 unspecified atom stereocenters. The van der Waals surface area contributed by atoms with Crippen molar-refractivity contribution in [2.24, 2.45) is 0 Å². The molecule has 1 aliphatic carbocycles. The van der Waals surface area contributed by atoms with Crippen molar-refractivity contribution in [3.05, 3.63) is 40.2 Å². The van der Waals surface area contributed by atoms with Gasteiger partial charge in [0.25, 0.3) is 0 Å². The van der Waals surface area contributed by atoms with Gasteiger partial charge in [-0.1, -0.05) is 0 Å². The smallest absolute Gasteiger partial charge is 0.171 e. The maximum Gasteiger partial charge on any atom is 0.171 e. The number of sulfone groups is 1. The van der Waals surface area contributed by atoms with Crippen LogP contribution in [0.25, 0.3) is 0 Å². The molecule has 1 saturated carbocycles. The predicted molar refractivity (Wildman–Crippen MR) is 97.3 cm³/mol. The van der Waals surface area contributed by atoms with Crippen LogP contribution < -0.4 is 4.74 Å². The lowest BCUT2D eigenvalue weighted by Crippen LogP contribution is -2.39. The summed E-state index contributed by atoms with van der Waals surface area (Å²) in [4.78, 5) is 0. The van der Waals surface area contributed by atoms with E-state index in [4.69, 9.17) is 9.84 Å². The lowest BCUT2D eigenvalue weighted by Gasteiger charge is -2.27. The maximum atomic E-state index is 11.5. The van der Waals surface area contributed by atoms with Crippen LogP contribution in [0.3, 0.4) is 0 Å². The Labute approximate surface area is 153 Å². The Hall–Kier alpha value is -2.33. The number of benzene rings is 1. The van der Waals surface area contributed by atoms with Gasteiger partial charge in [-0.05, 0) is 56.9 Å². The Kier molecular flexibility index (Phi) is 3.85. The van der Waals surface area contributed by atoms with Crippen molar-refractivity contribution in [2.45, 2.75) is 45.6 Å². The van der Waals surface area contributed by atoms with Gasteiger partial charge in [-0.25, -0.2) is 8.42 Å². The summed E-state index contributed by atoms with van der Waals surface area (Å²) in [6.45, 7) is 5.73. The van der Waals surface area contributed by atoms with E-state index in [1.54, 1.807) is 0 Å². The standard InChI is InChI=1S/C19H21N3O3S/c1-11-6-16(7-12(2)17(11)8-20)25-19-13(3)22(15-9-26(23,24)10-15)21-18(19)14-4-5-14/h6-7,14-15H,4-5,9-10H2,1-3H3. The summed E-state index contributed by atoms with van der Waals surface area (Å²) in [6.07, 6.45) is 2.17. The zero-order valence-electron chi connectivity index (χ0n) is 15.1. The summed E-state index contributed by atoms with van der Waals surface area (Å²) in [5.74, 6) is 2.11. The molecule has 6 nitrogen and oxygen atoms in total. The normalized spacial score (nSPS) is 19.0. The Morgan fingerprint density at radius 1 is 1.19 bits per heavy atom. The molecule has 0 N–H and O–H groups in total. The molecule has 2 aliphatic rings. The van der Waals surface area contributed by atoms with Gasteiger partial charge in [-0.15, -0.1) is 0 Å². The number of nitrogens with zero attached hydrogens (tertiary/aromatic N) is 3. The van der Waals surface area contributed by atoms with Crippen LogP contribution in [0.2, 0.25) is 0 Å². The second kappa shape index (κ2) is 5.85. The van der Waals surface area contributed by atoms with E-state index in [2.05, 4.69) is 6.07 Å². The molecule has 1 aromatic carbocycles. The molecule has 4 rings (SSSR count). The van der Waals surface area contributed by atoms with E-state index in [1.165, 1.54) is 0 Å². The third-order valence-electron chi connectivity index (χ3n) is 5.16. The molecule has 0 radical (unpaired) electrons. The van der Waals surface area contributed by atoms with E-state index in [-0.39, 0.29) is 17.5 Å². The average Bonchev–Trinajstić information content (AvgIpc) is 3.32. The molecular formula is C19H21N3O3S. The SMILES string of the molecule is Cc1cc(Oc2c(C3CC3)nn(C3CS(=O)(=O)C3)c2C)cc(C)c1C#N. The van der Waals surface area contributed by atoms with Gasteiger partial charge in [-0.2, -0.15) is 10.4 Å². The number of hydrogen-bond donors (Lipinski definition) is 0. The first-order valence-electron chi connectivity index (χ1n) is 8.77. The van der Waals surface area contributed by atoms with Gasteiger partial charge < -0.3 is 4.74 Å². The minimum absolute atomic E-state index is 0.0979. The first-order chi connectivity index (χ1) is 12.3. The molecule has 0 spiro atoms. The van der Waals surface area contributed by atoms with Crippen LogP contribution in [0.4, 0.5) is 0 Å². The largest absolute Gasteiger partial charge is 0.453 e. The molecule has 1 aromatic heterocycles. The van der Waals surface area contributed by atoms with Crippen LogP contribution in [-0.4, -0.2) is 29.7 Å². The molecule has 7 heteroatoms. The molecule has 1 aliphatic heterocycles. The van der Waals surface area contributed by atoms with E-state index in [0.717, 1.165) is 41.1 Å². The third kappa shape index (κ3) is 2.88. The highest BCUT2D eigenvalue weighted by Gasteiger charge is 2.39. The first-order valence-corrected chi connectivity index (χ1v) is 10.6. The molecule has 1 saturated heterocycles. The average molecular weight is 371 g/mol. The second-order valence-electron chi connectivity index (χ2n) is 7.40. The highest BCUT2D eigenvalue weighted by Crippen LogP contribution is 2.47.